The number of non-ortho nitro benzene ring substituents is 1. The molecule has 0 spiro atoms. The van der Waals surface area contributed by atoms with Crippen molar-refractivity contribution in [2.75, 3.05) is 11.9 Å². The molecule has 0 aliphatic heterocycles. The zero-order valence-corrected chi connectivity index (χ0v) is 14.4. The van der Waals surface area contributed by atoms with Crippen LogP contribution in [0.1, 0.15) is 26.7 Å². The van der Waals surface area contributed by atoms with Crippen LogP contribution in [-0.4, -0.2) is 34.2 Å². The third kappa shape index (κ3) is 5.69. The Kier molecular flexibility index (Phi) is 7.44. The molecule has 2 amide bonds. The number of benzene rings is 1. The number of nitro groups is 2. The second kappa shape index (κ2) is 9.30. The van der Waals surface area contributed by atoms with Gasteiger partial charge in [-0.3, -0.25) is 29.8 Å². The number of rotatable bonds is 10. The number of primary amides is 1. The summed E-state index contributed by atoms with van der Waals surface area (Å²) in [5.41, 5.74) is 4.46. The van der Waals surface area contributed by atoms with Gasteiger partial charge in [0.1, 0.15) is 11.7 Å². The highest BCUT2D eigenvalue weighted by atomic mass is 16.6. The van der Waals surface area contributed by atoms with Crippen molar-refractivity contribution in [3.05, 3.63) is 38.4 Å². The fraction of sp³-hybridized carbons (Fsp3) is 0.467. The number of nitrogens with zero attached hydrogens (tertiary/aromatic N) is 2. The molecule has 1 aromatic carbocycles. The average molecular weight is 367 g/mol. The van der Waals surface area contributed by atoms with Crippen molar-refractivity contribution in [3.8, 4) is 0 Å². The van der Waals surface area contributed by atoms with Crippen LogP contribution in [0.4, 0.5) is 17.1 Å². The van der Waals surface area contributed by atoms with Crippen LogP contribution in [0.25, 0.3) is 0 Å². The van der Waals surface area contributed by atoms with E-state index in [1.165, 1.54) is 6.07 Å². The molecule has 11 nitrogen and oxygen atoms in total. The van der Waals surface area contributed by atoms with Crippen LogP contribution in [0.15, 0.2) is 18.2 Å². The Morgan fingerprint density at radius 2 is 1.88 bits per heavy atom. The first-order chi connectivity index (χ1) is 12.2. The van der Waals surface area contributed by atoms with E-state index < -0.39 is 39.1 Å². The Morgan fingerprint density at radius 1 is 1.23 bits per heavy atom. The fourth-order valence-corrected chi connectivity index (χ4v) is 2.22. The molecule has 0 radical (unpaired) electrons. The third-order valence-electron chi connectivity index (χ3n) is 3.89. The van der Waals surface area contributed by atoms with Crippen LogP contribution in [-0.2, 0) is 9.59 Å². The highest BCUT2D eigenvalue weighted by molar-refractivity contribution is 5.87. The second-order valence-electron chi connectivity index (χ2n) is 5.73. The smallest absolute Gasteiger partial charge is 0.299 e. The molecule has 1 rings (SSSR count). The number of nitrogens with two attached hydrogens (primary N) is 1. The topological polar surface area (TPSA) is 170 Å². The van der Waals surface area contributed by atoms with Crippen molar-refractivity contribution in [1.82, 2.24) is 5.32 Å². The maximum Gasteiger partial charge on any atom is 0.299 e. The summed E-state index contributed by atoms with van der Waals surface area (Å²) in [7, 11) is 0. The van der Waals surface area contributed by atoms with Crippen molar-refractivity contribution < 1.29 is 19.4 Å². The van der Waals surface area contributed by atoms with Gasteiger partial charge in [0.25, 0.3) is 11.4 Å². The summed E-state index contributed by atoms with van der Waals surface area (Å²) >= 11 is 0. The van der Waals surface area contributed by atoms with E-state index in [0.717, 1.165) is 12.1 Å². The Balaban J connectivity index is 2.70. The number of hydrogen-bond donors (Lipinski definition) is 3. The number of hydrogen-bond acceptors (Lipinski definition) is 7. The Bertz CT molecular complexity index is 708. The molecule has 11 heteroatoms. The Morgan fingerprint density at radius 3 is 2.38 bits per heavy atom. The highest BCUT2D eigenvalue weighted by Crippen LogP contribution is 2.28. The van der Waals surface area contributed by atoms with Gasteiger partial charge < -0.3 is 16.4 Å². The third-order valence-corrected chi connectivity index (χ3v) is 3.89. The van der Waals surface area contributed by atoms with Gasteiger partial charge in [-0.05, 0) is 12.0 Å². The average Bonchev–Trinajstić information content (AvgIpc) is 2.58. The van der Waals surface area contributed by atoms with Gasteiger partial charge in [-0.1, -0.05) is 20.3 Å². The van der Waals surface area contributed by atoms with Crippen molar-refractivity contribution in [3.63, 3.8) is 0 Å². The molecule has 0 aromatic heterocycles. The lowest BCUT2D eigenvalue weighted by Crippen LogP contribution is -2.48. The largest absolute Gasteiger partial charge is 0.379 e. The van der Waals surface area contributed by atoms with Crippen LogP contribution in [0.2, 0.25) is 0 Å². The fourth-order valence-electron chi connectivity index (χ4n) is 2.22. The van der Waals surface area contributed by atoms with E-state index in [9.17, 15) is 29.8 Å². The highest BCUT2D eigenvalue weighted by Gasteiger charge is 2.23. The molecular formula is C15H21N5O6. The number of amides is 2. The van der Waals surface area contributed by atoms with E-state index in [0.29, 0.717) is 6.42 Å². The van der Waals surface area contributed by atoms with Gasteiger partial charge in [0.05, 0.1) is 15.9 Å². The maximum absolute atomic E-state index is 11.9. The summed E-state index contributed by atoms with van der Waals surface area (Å²) in [6.45, 7) is 3.69. The Labute approximate surface area is 149 Å². The summed E-state index contributed by atoms with van der Waals surface area (Å²) in [5, 5.41) is 27.0. The van der Waals surface area contributed by atoms with Gasteiger partial charge >= 0.3 is 0 Å². The number of nitro benzene ring substituents is 2. The number of carbonyl (C=O) groups is 2. The van der Waals surface area contributed by atoms with E-state index in [-0.39, 0.29) is 24.6 Å². The van der Waals surface area contributed by atoms with E-state index in [1.807, 2.05) is 6.92 Å². The van der Waals surface area contributed by atoms with E-state index in [4.69, 9.17) is 5.73 Å². The summed E-state index contributed by atoms with van der Waals surface area (Å²) < 4.78 is 0. The van der Waals surface area contributed by atoms with Gasteiger partial charge in [-0.15, -0.1) is 0 Å². The molecule has 1 aromatic rings. The molecule has 0 saturated carbocycles. The first-order valence-corrected chi connectivity index (χ1v) is 7.92. The first kappa shape index (κ1) is 20.8. The van der Waals surface area contributed by atoms with Crippen molar-refractivity contribution in [2.24, 2.45) is 11.7 Å². The standard InChI is InChI=1S/C15H21N5O6/c1-3-9(2)14(15(16)22)18-13(21)6-7-17-11-5-4-10(19(23)24)8-12(11)20(25)26/h4-5,8-9,14,17H,3,6-7H2,1-2H3,(H2,16,22)(H,18,21)/t9-,14-/m0/s1. The molecule has 0 bridgehead atoms. The van der Waals surface area contributed by atoms with E-state index in [2.05, 4.69) is 10.6 Å². The van der Waals surface area contributed by atoms with Crippen LogP contribution in [0.5, 0.6) is 0 Å². The maximum atomic E-state index is 11.9. The van der Waals surface area contributed by atoms with Gasteiger partial charge in [-0.25, -0.2) is 0 Å². The number of nitrogens with one attached hydrogen (secondary N) is 2. The van der Waals surface area contributed by atoms with E-state index >= 15 is 0 Å². The molecule has 0 fully saturated rings. The monoisotopic (exact) mass is 367 g/mol. The lowest BCUT2D eigenvalue weighted by molar-refractivity contribution is -0.393. The van der Waals surface area contributed by atoms with Crippen LogP contribution >= 0.6 is 0 Å². The molecule has 142 valence electrons. The predicted octanol–water partition coefficient (Wildman–Crippen LogP) is 1.32. The van der Waals surface area contributed by atoms with Crippen molar-refractivity contribution in [1.29, 1.82) is 0 Å². The number of carbonyl (C=O) groups excluding carboxylic acids is 2. The minimum Gasteiger partial charge on any atom is -0.379 e. The molecule has 2 atom stereocenters. The quantitative estimate of drug-likeness (QED) is 0.413. The number of anilines is 1. The molecule has 0 aliphatic carbocycles. The second-order valence-corrected chi connectivity index (χ2v) is 5.73. The van der Waals surface area contributed by atoms with Gasteiger partial charge in [0.15, 0.2) is 0 Å². The lowest BCUT2D eigenvalue weighted by Gasteiger charge is -2.21. The molecule has 0 aliphatic rings. The van der Waals surface area contributed by atoms with Crippen LogP contribution < -0.4 is 16.4 Å². The molecule has 0 heterocycles. The summed E-state index contributed by atoms with van der Waals surface area (Å²) in [4.78, 5) is 43.6. The Hall–Kier alpha value is -3.24. The van der Waals surface area contributed by atoms with Gasteiger partial charge in [0.2, 0.25) is 11.8 Å². The van der Waals surface area contributed by atoms with Crippen molar-refractivity contribution in [2.45, 2.75) is 32.7 Å². The molecule has 26 heavy (non-hydrogen) atoms. The zero-order valence-electron chi connectivity index (χ0n) is 14.4. The van der Waals surface area contributed by atoms with Crippen LogP contribution in [0, 0.1) is 26.1 Å². The summed E-state index contributed by atoms with van der Waals surface area (Å²) in [5.74, 6) is -1.20. The normalized spacial score (nSPS) is 12.7. The van der Waals surface area contributed by atoms with Crippen LogP contribution in [0.3, 0.4) is 0 Å². The SMILES string of the molecule is CC[C@H](C)[C@H](NC(=O)CCNc1ccc([N+](=O)[O-])cc1[N+](=O)[O-])C(N)=O. The molecule has 0 unspecified atom stereocenters. The molecular weight excluding hydrogens is 346 g/mol. The summed E-state index contributed by atoms with van der Waals surface area (Å²) in [6, 6.07) is 2.39. The molecule has 4 N–H and O–H groups in total. The van der Waals surface area contributed by atoms with Crippen molar-refractivity contribution >= 4 is 28.9 Å². The first-order valence-electron chi connectivity index (χ1n) is 7.92. The minimum atomic E-state index is -0.791. The molecule has 0 saturated heterocycles. The lowest BCUT2D eigenvalue weighted by atomic mass is 9.98. The van der Waals surface area contributed by atoms with Gasteiger partial charge in [-0.2, -0.15) is 0 Å². The van der Waals surface area contributed by atoms with Gasteiger partial charge in [0, 0.05) is 19.0 Å². The summed E-state index contributed by atoms with van der Waals surface area (Å²) in [6.07, 6.45) is 0.593. The minimum absolute atomic E-state index is 0.0382. The van der Waals surface area contributed by atoms with E-state index in [1.54, 1.807) is 6.92 Å². The predicted molar refractivity (Wildman–Crippen MR) is 93.4 cm³/mol. The zero-order chi connectivity index (χ0) is 19.9.